The van der Waals surface area contributed by atoms with E-state index in [0.29, 0.717) is 24.5 Å². The minimum atomic E-state index is -0.476. The highest BCUT2D eigenvalue weighted by molar-refractivity contribution is 8.01. The normalized spacial score (nSPS) is 16.2. The van der Waals surface area contributed by atoms with E-state index in [1.165, 1.54) is 11.8 Å². The van der Waals surface area contributed by atoms with Crippen LogP contribution in [0.2, 0.25) is 5.02 Å². The van der Waals surface area contributed by atoms with E-state index in [4.69, 9.17) is 11.6 Å². The summed E-state index contributed by atoms with van der Waals surface area (Å²) in [4.78, 5) is 29.5. The number of hydrogen-bond donors (Lipinski definition) is 1. The Morgan fingerprint density at radius 3 is 2.59 bits per heavy atom. The van der Waals surface area contributed by atoms with E-state index < -0.39 is 11.2 Å². The van der Waals surface area contributed by atoms with E-state index in [1.807, 2.05) is 60.4 Å². The van der Waals surface area contributed by atoms with Gasteiger partial charge in [0, 0.05) is 16.5 Å². The average molecular weight is 493 g/mol. The Morgan fingerprint density at radius 1 is 1.09 bits per heavy atom. The van der Waals surface area contributed by atoms with Gasteiger partial charge in [-0.25, -0.2) is 0 Å². The van der Waals surface area contributed by atoms with E-state index in [9.17, 15) is 9.59 Å². The fraction of sp³-hybridized carbons (Fsp3) is 0.286. The summed E-state index contributed by atoms with van der Waals surface area (Å²) in [6.07, 6.45) is 0.711. The van der Waals surface area contributed by atoms with Crippen molar-refractivity contribution in [2.75, 3.05) is 11.4 Å². The number of halogens is 1. The Labute approximate surface area is 210 Å². The van der Waals surface area contributed by atoms with Crippen LogP contribution in [-0.4, -0.2) is 23.6 Å². The van der Waals surface area contributed by atoms with Crippen molar-refractivity contribution >= 4 is 40.9 Å². The molecule has 6 heteroatoms. The van der Waals surface area contributed by atoms with Crippen molar-refractivity contribution in [3.63, 3.8) is 0 Å². The van der Waals surface area contributed by atoms with Gasteiger partial charge in [0.25, 0.3) is 0 Å². The summed E-state index contributed by atoms with van der Waals surface area (Å²) in [5, 5.41) is 3.23. The first-order chi connectivity index (χ1) is 16.3. The minimum absolute atomic E-state index is 0.0232. The molecule has 2 atom stereocenters. The lowest BCUT2D eigenvalue weighted by Crippen LogP contribution is -2.47. The summed E-state index contributed by atoms with van der Waals surface area (Å²) in [7, 11) is 0. The summed E-state index contributed by atoms with van der Waals surface area (Å²) >= 11 is 7.43. The maximum absolute atomic E-state index is 13.7. The Kier molecular flexibility index (Phi) is 7.64. The molecule has 1 aliphatic rings. The van der Waals surface area contributed by atoms with Crippen molar-refractivity contribution < 1.29 is 9.59 Å². The number of para-hydroxylation sites is 1. The SMILES string of the molecule is Cc1ccc(C)c(CN2C(=O)[C@H]([C@H](C)C(=O)NCCc3ccc(Cl)cc3)Sc3ccccc32)c1. The molecule has 2 amide bonds. The molecule has 0 saturated carbocycles. The number of nitrogens with zero attached hydrogens (tertiary/aromatic N) is 1. The number of nitrogens with one attached hydrogen (secondary N) is 1. The Bertz CT molecular complexity index is 1200. The second-order valence-corrected chi connectivity index (χ2v) is 10.4. The van der Waals surface area contributed by atoms with Crippen LogP contribution >= 0.6 is 23.4 Å². The zero-order chi connectivity index (χ0) is 24.2. The number of hydrogen-bond acceptors (Lipinski definition) is 3. The fourth-order valence-electron chi connectivity index (χ4n) is 4.14. The van der Waals surface area contributed by atoms with Gasteiger partial charge in [-0.1, -0.05) is 66.6 Å². The van der Waals surface area contributed by atoms with Gasteiger partial charge in [0.2, 0.25) is 11.8 Å². The molecule has 4 rings (SSSR count). The molecule has 0 aliphatic carbocycles. The molecule has 0 saturated heterocycles. The van der Waals surface area contributed by atoms with Crippen molar-refractivity contribution in [2.45, 2.75) is 43.9 Å². The van der Waals surface area contributed by atoms with Gasteiger partial charge in [0.1, 0.15) is 5.25 Å². The second-order valence-electron chi connectivity index (χ2n) is 8.82. The molecule has 0 spiro atoms. The smallest absolute Gasteiger partial charge is 0.241 e. The van der Waals surface area contributed by atoms with Crippen LogP contribution in [0.5, 0.6) is 0 Å². The molecular weight excluding hydrogens is 464 g/mol. The summed E-state index contributed by atoms with van der Waals surface area (Å²) < 4.78 is 0. The molecule has 1 aliphatic heterocycles. The van der Waals surface area contributed by atoms with Gasteiger partial charge in [0.15, 0.2) is 0 Å². The van der Waals surface area contributed by atoms with Gasteiger partial charge in [0.05, 0.1) is 18.2 Å². The van der Waals surface area contributed by atoms with Crippen LogP contribution in [0.25, 0.3) is 0 Å². The molecule has 0 bridgehead atoms. The van der Waals surface area contributed by atoms with Crippen molar-refractivity contribution in [2.24, 2.45) is 5.92 Å². The van der Waals surface area contributed by atoms with Crippen molar-refractivity contribution in [3.05, 3.63) is 94.0 Å². The first-order valence-electron chi connectivity index (χ1n) is 11.5. The van der Waals surface area contributed by atoms with Crippen LogP contribution < -0.4 is 10.2 Å². The highest BCUT2D eigenvalue weighted by Crippen LogP contribution is 2.42. The predicted octanol–water partition coefficient (Wildman–Crippen LogP) is 5.96. The molecule has 0 fully saturated rings. The van der Waals surface area contributed by atoms with Crippen LogP contribution in [0, 0.1) is 19.8 Å². The number of rotatable bonds is 7. The van der Waals surface area contributed by atoms with Gasteiger partial charge in [-0.15, -0.1) is 11.8 Å². The van der Waals surface area contributed by atoms with Crippen LogP contribution in [0.4, 0.5) is 5.69 Å². The average Bonchev–Trinajstić information content (AvgIpc) is 2.83. The Morgan fingerprint density at radius 2 is 1.82 bits per heavy atom. The van der Waals surface area contributed by atoms with E-state index >= 15 is 0 Å². The molecule has 176 valence electrons. The lowest BCUT2D eigenvalue weighted by molar-refractivity contribution is -0.128. The Balaban J connectivity index is 1.49. The minimum Gasteiger partial charge on any atom is -0.355 e. The first-order valence-corrected chi connectivity index (χ1v) is 12.7. The predicted molar refractivity (Wildman–Crippen MR) is 141 cm³/mol. The number of thioether (sulfide) groups is 1. The van der Waals surface area contributed by atoms with Crippen molar-refractivity contribution in [1.29, 1.82) is 0 Å². The third kappa shape index (κ3) is 5.48. The number of carbonyl (C=O) groups is 2. The maximum atomic E-state index is 13.7. The number of aryl methyl sites for hydroxylation is 2. The molecular formula is C28H29ClN2O2S. The van der Waals surface area contributed by atoms with Crippen LogP contribution in [-0.2, 0) is 22.6 Å². The third-order valence-corrected chi connectivity index (χ3v) is 7.96. The monoisotopic (exact) mass is 492 g/mol. The third-order valence-electron chi connectivity index (χ3n) is 6.25. The summed E-state index contributed by atoms with van der Waals surface area (Å²) in [6, 6.07) is 21.9. The molecule has 3 aromatic carbocycles. The second kappa shape index (κ2) is 10.7. The summed E-state index contributed by atoms with van der Waals surface area (Å²) in [6.45, 7) is 6.98. The first kappa shape index (κ1) is 24.4. The summed E-state index contributed by atoms with van der Waals surface area (Å²) in [5.41, 5.74) is 5.45. The van der Waals surface area contributed by atoms with Gasteiger partial charge >= 0.3 is 0 Å². The number of carbonyl (C=O) groups excluding carboxylic acids is 2. The number of anilines is 1. The number of fused-ring (bicyclic) bond motifs is 1. The largest absolute Gasteiger partial charge is 0.355 e. The highest BCUT2D eigenvalue weighted by Gasteiger charge is 2.39. The van der Waals surface area contributed by atoms with E-state index in [-0.39, 0.29) is 11.8 Å². The maximum Gasteiger partial charge on any atom is 0.241 e. The Hall–Kier alpha value is -2.76. The molecule has 0 radical (unpaired) electrons. The zero-order valence-corrected chi connectivity index (χ0v) is 21.2. The van der Waals surface area contributed by atoms with E-state index in [1.54, 1.807) is 0 Å². The topological polar surface area (TPSA) is 49.4 Å². The van der Waals surface area contributed by atoms with Crippen LogP contribution in [0.3, 0.4) is 0 Å². The molecule has 1 N–H and O–H groups in total. The highest BCUT2D eigenvalue weighted by atomic mass is 35.5. The molecule has 3 aromatic rings. The molecule has 4 nitrogen and oxygen atoms in total. The molecule has 34 heavy (non-hydrogen) atoms. The van der Waals surface area contributed by atoms with E-state index in [2.05, 4.69) is 37.4 Å². The zero-order valence-electron chi connectivity index (χ0n) is 19.7. The van der Waals surface area contributed by atoms with Crippen molar-refractivity contribution in [1.82, 2.24) is 5.32 Å². The lowest BCUT2D eigenvalue weighted by atomic mass is 10.0. The number of amides is 2. The molecule has 1 heterocycles. The van der Waals surface area contributed by atoms with E-state index in [0.717, 1.165) is 32.8 Å². The lowest BCUT2D eigenvalue weighted by Gasteiger charge is -2.36. The van der Waals surface area contributed by atoms with Crippen molar-refractivity contribution in [3.8, 4) is 0 Å². The fourth-order valence-corrected chi connectivity index (χ4v) is 5.55. The van der Waals surface area contributed by atoms with Crippen LogP contribution in [0.15, 0.2) is 71.6 Å². The molecule has 0 aromatic heterocycles. The van der Waals surface area contributed by atoms with Gasteiger partial charge < -0.3 is 10.2 Å². The quantitative estimate of drug-likeness (QED) is 0.442. The summed E-state index contributed by atoms with van der Waals surface area (Å²) in [5.74, 6) is -0.590. The van der Waals surface area contributed by atoms with Gasteiger partial charge in [-0.3, -0.25) is 9.59 Å². The van der Waals surface area contributed by atoms with Gasteiger partial charge in [-0.2, -0.15) is 0 Å². The molecule has 0 unspecified atom stereocenters. The van der Waals surface area contributed by atoms with Gasteiger partial charge in [-0.05, 0) is 61.2 Å². The standard InChI is InChI=1S/C28H29ClN2O2S/c1-18-8-9-19(2)22(16-18)17-31-24-6-4-5-7-25(24)34-26(28(31)33)20(3)27(32)30-15-14-21-10-12-23(29)13-11-21/h4-13,16,20,26H,14-15,17H2,1-3H3,(H,30,32)/t20-,26-/m0/s1. The number of benzene rings is 3. The van der Waals surface area contributed by atoms with Crippen LogP contribution in [0.1, 0.15) is 29.2 Å².